The van der Waals surface area contributed by atoms with Gasteiger partial charge >= 0.3 is 0 Å². The van der Waals surface area contributed by atoms with E-state index < -0.39 is 0 Å². The molecule has 0 amide bonds. The number of alkyl halides is 1. The van der Waals surface area contributed by atoms with Gasteiger partial charge in [0.15, 0.2) is 5.65 Å². The molecule has 0 spiro atoms. The monoisotopic (exact) mass is 305 g/mol. The summed E-state index contributed by atoms with van der Waals surface area (Å²) in [6.07, 6.45) is 3.89. The number of nitrogen functional groups attached to an aromatic ring is 1. The summed E-state index contributed by atoms with van der Waals surface area (Å²) in [5, 5.41) is 0.758. The molecule has 0 aliphatic carbocycles. The molecule has 0 unspecified atom stereocenters. The number of fused-ring (bicyclic) bond motifs is 1. The molecule has 2 N–H and O–H groups in total. The minimum absolute atomic E-state index is 0. The fourth-order valence-electron chi connectivity index (χ4n) is 1.15. The lowest BCUT2D eigenvalue weighted by Gasteiger charge is -1.94. The molecule has 0 saturated heterocycles. The third kappa shape index (κ3) is 1.86. The number of hydrogen-bond donors (Lipinski definition) is 1. The van der Waals surface area contributed by atoms with Crippen molar-refractivity contribution >= 4 is 44.2 Å². The van der Waals surface area contributed by atoms with Crippen LogP contribution in [-0.2, 0) is 5.33 Å². The number of hydrogen-bond acceptors (Lipinski definition) is 2. The molecule has 70 valence electrons. The van der Waals surface area contributed by atoms with Crippen LogP contribution in [0.1, 0.15) is 5.69 Å². The molecule has 3 nitrogen and oxygen atoms in total. The maximum atomic E-state index is 5.73. The van der Waals surface area contributed by atoms with E-state index in [9.17, 15) is 0 Å². The van der Waals surface area contributed by atoms with Gasteiger partial charge in [-0.1, -0.05) is 15.9 Å². The molecule has 0 aromatic carbocycles. The second-order valence-corrected chi connectivity index (χ2v) is 3.12. The largest absolute Gasteiger partial charge is 0.396 e. The highest BCUT2D eigenvalue weighted by Crippen LogP contribution is 2.13. The van der Waals surface area contributed by atoms with Gasteiger partial charge in [-0.3, -0.25) is 0 Å². The van der Waals surface area contributed by atoms with Crippen molar-refractivity contribution < 1.29 is 0 Å². The molecular weight excluding hydrogens is 298 g/mol. The van der Waals surface area contributed by atoms with Crippen LogP contribution in [0.2, 0.25) is 0 Å². The number of halogens is 2. The van der Waals surface area contributed by atoms with Crippen molar-refractivity contribution in [2.45, 2.75) is 5.33 Å². The molecule has 13 heavy (non-hydrogen) atoms. The molecule has 0 aliphatic rings. The number of rotatable bonds is 1. The number of nitrogens with two attached hydrogens (primary N) is 1. The molecule has 2 aromatic rings. The van der Waals surface area contributed by atoms with Crippen LogP contribution in [0.25, 0.3) is 5.65 Å². The first kappa shape index (κ1) is 10.5. The van der Waals surface area contributed by atoms with Crippen molar-refractivity contribution in [2.24, 2.45) is 0 Å². The van der Waals surface area contributed by atoms with Crippen molar-refractivity contribution in [1.82, 2.24) is 9.38 Å². The van der Waals surface area contributed by atoms with E-state index in [0.717, 1.165) is 16.7 Å². The van der Waals surface area contributed by atoms with Crippen molar-refractivity contribution in [3.63, 3.8) is 0 Å². The maximum Gasteiger partial charge on any atom is 0.160 e. The third-order valence-electron chi connectivity index (χ3n) is 1.70. The topological polar surface area (TPSA) is 43.3 Å². The Labute approximate surface area is 94.9 Å². The Morgan fingerprint density at radius 1 is 1.54 bits per heavy atom. The molecule has 0 bridgehead atoms. The molecule has 5 heteroatoms. The number of pyridine rings is 1. The summed E-state index contributed by atoms with van der Waals surface area (Å²) < 4.78 is 1.92. The summed E-state index contributed by atoms with van der Waals surface area (Å²) >= 11 is 3.34. The average molecular weight is 307 g/mol. The van der Waals surface area contributed by atoms with Gasteiger partial charge in [0.25, 0.3) is 0 Å². The predicted octanol–water partition coefficient (Wildman–Crippen LogP) is 2.39. The lowest BCUT2D eigenvalue weighted by molar-refractivity contribution is 1.19. The van der Waals surface area contributed by atoms with Crippen molar-refractivity contribution in [1.29, 1.82) is 0 Å². The van der Waals surface area contributed by atoms with Gasteiger partial charge in [-0.05, 0) is 12.1 Å². The van der Waals surface area contributed by atoms with Crippen LogP contribution in [0.15, 0.2) is 24.5 Å². The smallest absolute Gasteiger partial charge is 0.160 e. The molecule has 2 heterocycles. The van der Waals surface area contributed by atoms with Crippen molar-refractivity contribution in [3.8, 4) is 0 Å². The van der Waals surface area contributed by atoms with Gasteiger partial charge in [-0.2, -0.15) is 0 Å². The Hall–Kier alpha value is -0.550. The minimum Gasteiger partial charge on any atom is -0.396 e. The van der Waals surface area contributed by atoms with Gasteiger partial charge in [-0.25, -0.2) is 4.98 Å². The molecule has 0 radical (unpaired) electrons. The van der Waals surface area contributed by atoms with E-state index in [1.165, 1.54) is 0 Å². The SMILES string of the molecule is Br.Nc1cccn2cc(CBr)nc12. The van der Waals surface area contributed by atoms with E-state index in [0.29, 0.717) is 5.69 Å². The van der Waals surface area contributed by atoms with Gasteiger partial charge in [-0.15, -0.1) is 17.0 Å². The zero-order chi connectivity index (χ0) is 8.55. The highest BCUT2D eigenvalue weighted by molar-refractivity contribution is 9.08. The van der Waals surface area contributed by atoms with Gasteiger partial charge in [0.1, 0.15) is 0 Å². The highest BCUT2D eigenvalue weighted by Gasteiger charge is 2.01. The summed E-state index contributed by atoms with van der Waals surface area (Å²) in [6, 6.07) is 3.75. The normalized spacial score (nSPS) is 9.92. The van der Waals surface area contributed by atoms with E-state index in [1.807, 2.05) is 28.9 Å². The van der Waals surface area contributed by atoms with E-state index >= 15 is 0 Å². The van der Waals surface area contributed by atoms with E-state index in [2.05, 4.69) is 20.9 Å². The summed E-state index contributed by atoms with van der Waals surface area (Å²) in [5.41, 5.74) is 8.26. The lowest BCUT2D eigenvalue weighted by Crippen LogP contribution is -1.90. The van der Waals surface area contributed by atoms with Crippen LogP contribution < -0.4 is 5.73 Å². The quantitative estimate of drug-likeness (QED) is 0.822. The van der Waals surface area contributed by atoms with Gasteiger partial charge in [0.05, 0.1) is 11.4 Å². The van der Waals surface area contributed by atoms with Crippen LogP contribution in [0.4, 0.5) is 5.69 Å². The second kappa shape index (κ2) is 4.11. The first-order valence-electron chi connectivity index (χ1n) is 3.59. The minimum atomic E-state index is 0. The molecule has 2 aromatic heterocycles. The van der Waals surface area contributed by atoms with Crippen LogP contribution in [0, 0.1) is 0 Å². The third-order valence-corrected chi connectivity index (χ3v) is 2.27. The Morgan fingerprint density at radius 3 is 2.92 bits per heavy atom. The lowest BCUT2D eigenvalue weighted by atomic mass is 10.4. The van der Waals surface area contributed by atoms with Crippen molar-refractivity contribution in [3.05, 3.63) is 30.2 Å². The first-order chi connectivity index (χ1) is 5.81. The Kier molecular flexibility index (Phi) is 3.33. The van der Waals surface area contributed by atoms with E-state index in [-0.39, 0.29) is 17.0 Å². The number of imidazole rings is 1. The molecule has 2 rings (SSSR count). The molecular formula is C8H9Br2N3. The second-order valence-electron chi connectivity index (χ2n) is 2.56. The number of aromatic nitrogens is 2. The molecule has 0 fully saturated rings. The van der Waals surface area contributed by atoms with E-state index in [1.54, 1.807) is 0 Å². The van der Waals surface area contributed by atoms with Gasteiger partial charge in [0, 0.05) is 17.7 Å². The summed E-state index contributed by atoms with van der Waals surface area (Å²) in [7, 11) is 0. The molecule has 0 aliphatic heterocycles. The van der Waals surface area contributed by atoms with Crippen LogP contribution in [-0.4, -0.2) is 9.38 Å². The Morgan fingerprint density at radius 2 is 2.31 bits per heavy atom. The fourth-order valence-corrected chi connectivity index (χ4v) is 1.42. The van der Waals surface area contributed by atoms with Crippen LogP contribution in [0.3, 0.4) is 0 Å². The molecule has 0 atom stereocenters. The Bertz CT molecular complexity index is 411. The summed E-state index contributed by atoms with van der Waals surface area (Å²) in [6.45, 7) is 0. The standard InChI is InChI=1S/C8H8BrN3.BrH/c9-4-6-5-12-3-1-2-7(10)8(12)11-6;/h1-3,5H,4,10H2;1H. The fraction of sp³-hybridized carbons (Fsp3) is 0.125. The number of nitrogens with zero attached hydrogens (tertiary/aromatic N) is 2. The van der Waals surface area contributed by atoms with Crippen LogP contribution >= 0.6 is 32.9 Å². The van der Waals surface area contributed by atoms with Gasteiger partial charge < -0.3 is 10.1 Å². The van der Waals surface area contributed by atoms with Gasteiger partial charge in [0.2, 0.25) is 0 Å². The predicted molar refractivity (Wildman–Crippen MR) is 62.6 cm³/mol. The van der Waals surface area contributed by atoms with E-state index in [4.69, 9.17) is 5.73 Å². The van der Waals surface area contributed by atoms with Crippen molar-refractivity contribution in [2.75, 3.05) is 5.73 Å². The summed E-state index contributed by atoms with van der Waals surface area (Å²) in [5.74, 6) is 0. The Balaban J connectivity index is 0.000000845. The zero-order valence-corrected chi connectivity index (χ0v) is 10.1. The zero-order valence-electron chi connectivity index (χ0n) is 6.77. The maximum absolute atomic E-state index is 5.73. The first-order valence-corrected chi connectivity index (χ1v) is 4.71. The average Bonchev–Trinajstić information content (AvgIpc) is 2.49. The molecule has 0 saturated carbocycles. The van der Waals surface area contributed by atoms with Crippen LogP contribution in [0.5, 0.6) is 0 Å². The highest BCUT2D eigenvalue weighted by atomic mass is 79.9. The summed E-state index contributed by atoms with van der Waals surface area (Å²) in [4.78, 5) is 4.32. The number of anilines is 1.